The first-order chi connectivity index (χ1) is 13.1. The molecule has 154 valence electrons. The molecule has 7 heteroatoms. The average Bonchev–Trinajstić information content (AvgIpc) is 3.20. The molecule has 3 N–H and O–H groups in total. The van der Waals surface area contributed by atoms with Crippen LogP contribution in [0.3, 0.4) is 0 Å². The van der Waals surface area contributed by atoms with E-state index in [1.54, 1.807) is 7.05 Å². The summed E-state index contributed by atoms with van der Waals surface area (Å²) in [5.41, 5.74) is 0.310. The molecule has 1 spiro atoms. The van der Waals surface area contributed by atoms with E-state index < -0.39 is 0 Å². The smallest absolute Gasteiger partial charge is 0.233 e. The highest BCUT2D eigenvalue weighted by atomic mass is 16.5. The SMILES string of the molecule is CCOC1CC(NC(=NC)NC2CCN(CC(=O)NC)CC2)C12CCCC2. The van der Waals surface area contributed by atoms with Crippen LogP contribution in [0, 0.1) is 5.41 Å². The van der Waals surface area contributed by atoms with Gasteiger partial charge in [-0.1, -0.05) is 12.8 Å². The Morgan fingerprint density at radius 1 is 1.22 bits per heavy atom. The first-order valence-electron chi connectivity index (χ1n) is 10.7. The second kappa shape index (κ2) is 9.24. The number of amides is 1. The summed E-state index contributed by atoms with van der Waals surface area (Å²) in [4.78, 5) is 18.2. The van der Waals surface area contributed by atoms with Crippen LogP contribution in [0.25, 0.3) is 0 Å². The van der Waals surface area contributed by atoms with E-state index in [0.717, 1.165) is 44.9 Å². The predicted molar refractivity (Wildman–Crippen MR) is 108 cm³/mol. The largest absolute Gasteiger partial charge is 0.378 e. The Bertz CT molecular complexity index is 524. The van der Waals surface area contributed by atoms with Gasteiger partial charge in [0, 0.05) is 51.3 Å². The van der Waals surface area contributed by atoms with Crippen molar-refractivity contribution in [2.45, 2.75) is 70.1 Å². The highest BCUT2D eigenvalue weighted by molar-refractivity contribution is 5.80. The zero-order chi connectivity index (χ0) is 19.3. The van der Waals surface area contributed by atoms with Crippen LogP contribution in [-0.4, -0.2) is 75.3 Å². The fourth-order valence-electron chi connectivity index (χ4n) is 5.14. The van der Waals surface area contributed by atoms with Crippen molar-refractivity contribution in [3.63, 3.8) is 0 Å². The van der Waals surface area contributed by atoms with Crippen molar-refractivity contribution in [3.8, 4) is 0 Å². The number of guanidine groups is 1. The van der Waals surface area contributed by atoms with E-state index in [4.69, 9.17) is 4.74 Å². The van der Waals surface area contributed by atoms with Crippen molar-refractivity contribution in [2.24, 2.45) is 10.4 Å². The van der Waals surface area contributed by atoms with E-state index >= 15 is 0 Å². The predicted octanol–water partition coefficient (Wildman–Crippen LogP) is 1.10. The van der Waals surface area contributed by atoms with Gasteiger partial charge in [-0.05, 0) is 39.0 Å². The molecule has 3 rings (SSSR count). The summed E-state index contributed by atoms with van der Waals surface area (Å²) in [6.07, 6.45) is 8.74. The van der Waals surface area contributed by atoms with Gasteiger partial charge in [0.15, 0.2) is 5.96 Å². The van der Waals surface area contributed by atoms with Crippen molar-refractivity contribution in [3.05, 3.63) is 0 Å². The van der Waals surface area contributed by atoms with Crippen molar-refractivity contribution < 1.29 is 9.53 Å². The molecule has 27 heavy (non-hydrogen) atoms. The van der Waals surface area contributed by atoms with Crippen LogP contribution in [0.5, 0.6) is 0 Å². The molecule has 0 radical (unpaired) electrons. The minimum atomic E-state index is 0.0922. The molecule has 1 heterocycles. The number of likely N-dealkylation sites (N-methyl/N-ethyl adjacent to an activating group) is 1. The first-order valence-corrected chi connectivity index (χ1v) is 10.7. The van der Waals surface area contributed by atoms with Crippen LogP contribution in [0.15, 0.2) is 4.99 Å². The van der Waals surface area contributed by atoms with Gasteiger partial charge in [0.2, 0.25) is 5.91 Å². The van der Waals surface area contributed by atoms with Gasteiger partial charge in [-0.3, -0.25) is 14.7 Å². The van der Waals surface area contributed by atoms with E-state index in [2.05, 4.69) is 32.8 Å². The lowest BCUT2D eigenvalue weighted by atomic mass is 9.60. The zero-order valence-electron chi connectivity index (χ0n) is 17.2. The van der Waals surface area contributed by atoms with Crippen LogP contribution in [0.1, 0.15) is 51.9 Å². The summed E-state index contributed by atoms with van der Waals surface area (Å²) in [5, 5.41) is 10.0. The van der Waals surface area contributed by atoms with Crippen molar-refractivity contribution in [2.75, 3.05) is 40.3 Å². The molecule has 1 saturated heterocycles. The van der Waals surface area contributed by atoms with E-state index in [1.807, 2.05) is 7.05 Å². The Labute approximate surface area is 163 Å². The monoisotopic (exact) mass is 379 g/mol. The van der Waals surface area contributed by atoms with E-state index in [0.29, 0.717) is 30.1 Å². The molecule has 2 saturated carbocycles. The third-order valence-electron chi connectivity index (χ3n) is 6.80. The topological polar surface area (TPSA) is 78.0 Å². The van der Waals surface area contributed by atoms with E-state index in [9.17, 15) is 4.79 Å². The fourth-order valence-corrected chi connectivity index (χ4v) is 5.14. The van der Waals surface area contributed by atoms with E-state index in [-0.39, 0.29) is 5.91 Å². The number of carbonyl (C=O) groups excluding carboxylic acids is 1. The molecule has 0 aromatic rings. The Balaban J connectivity index is 1.47. The lowest BCUT2D eigenvalue weighted by molar-refractivity contribution is -0.125. The Morgan fingerprint density at radius 2 is 1.93 bits per heavy atom. The number of rotatable bonds is 6. The first kappa shape index (κ1) is 20.4. The number of hydrogen-bond acceptors (Lipinski definition) is 4. The van der Waals surface area contributed by atoms with Gasteiger partial charge < -0.3 is 20.7 Å². The van der Waals surface area contributed by atoms with Gasteiger partial charge in [-0.2, -0.15) is 0 Å². The molecule has 2 aliphatic carbocycles. The summed E-state index contributed by atoms with van der Waals surface area (Å²) in [6, 6.07) is 0.885. The summed E-state index contributed by atoms with van der Waals surface area (Å²) in [6.45, 7) is 5.30. The van der Waals surface area contributed by atoms with Crippen LogP contribution < -0.4 is 16.0 Å². The fraction of sp³-hybridized carbons (Fsp3) is 0.900. The number of nitrogens with zero attached hydrogens (tertiary/aromatic N) is 2. The standard InChI is InChI=1S/C20H37N5O2/c1-4-27-17-13-16(20(17)9-5-6-10-20)24-19(22-3)23-15-7-11-25(12-8-15)14-18(26)21-2/h15-17H,4-14H2,1-3H3,(H,21,26)(H2,22,23,24). The molecule has 2 atom stereocenters. The summed E-state index contributed by atoms with van der Waals surface area (Å²) < 4.78 is 6.03. The second-order valence-corrected chi connectivity index (χ2v) is 8.26. The molecular weight excluding hydrogens is 342 g/mol. The Hall–Kier alpha value is -1.34. The lowest BCUT2D eigenvalue weighted by Gasteiger charge is -2.54. The molecule has 0 aromatic heterocycles. The van der Waals surface area contributed by atoms with Gasteiger partial charge >= 0.3 is 0 Å². The minimum Gasteiger partial charge on any atom is -0.378 e. The van der Waals surface area contributed by atoms with Crippen LogP contribution >= 0.6 is 0 Å². The van der Waals surface area contributed by atoms with Gasteiger partial charge in [0.1, 0.15) is 0 Å². The Morgan fingerprint density at radius 3 is 2.52 bits per heavy atom. The number of likely N-dealkylation sites (tertiary alicyclic amines) is 1. The Kier molecular flexibility index (Phi) is 6.98. The maximum atomic E-state index is 11.5. The highest BCUT2D eigenvalue weighted by Crippen LogP contribution is 2.54. The molecule has 7 nitrogen and oxygen atoms in total. The van der Waals surface area contributed by atoms with E-state index in [1.165, 1.54) is 25.7 Å². The minimum absolute atomic E-state index is 0.0922. The number of nitrogens with one attached hydrogen (secondary N) is 3. The average molecular weight is 380 g/mol. The van der Waals surface area contributed by atoms with Crippen LogP contribution in [0.4, 0.5) is 0 Å². The summed E-state index contributed by atoms with van der Waals surface area (Å²) in [7, 11) is 3.55. The molecule has 1 aliphatic heterocycles. The van der Waals surface area contributed by atoms with Crippen molar-refractivity contribution in [1.29, 1.82) is 0 Å². The number of carbonyl (C=O) groups is 1. The van der Waals surface area contributed by atoms with Crippen molar-refractivity contribution in [1.82, 2.24) is 20.9 Å². The quantitative estimate of drug-likeness (QED) is 0.476. The maximum absolute atomic E-state index is 11.5. The normalized spacial score (nSPS) is 28.8. The third kappa shape index (κ3) is 4.57. The molecule has 0 aromatic carbocycles. The van der Waals surface area contributed by atoms with Gasteiger partial charge in [-0.25, -0.2) is 0 Å². The maximum Gasteiger partial charge on any atom is 0.233 e. The summed E-state index contributed by atoms with van der Waals surface area (Å²) >= 11 is 0. The molecule has 2 unspecified atom stereocenters. The van der Waals surface area contributed by atoms with Crippen LogP contribution in [0.2, 0.25) is 0 Å². The second-order valence-electron chi connectivity index (χ2n) is 8.26. The molecular formula is C20H37N5O2. The van der Waals surface area contributed by atoms with Crippen molar-refractivity contribution >= 4 is 11.9 Å². The molecule has 0 bridgehead atoms. The third-order valence-corrected chi connectivity index (χ3v) is 6.80. The molecule has 3 aliphatic rings. The van der Waals surface area contributed by atoms with Gasteiger partial charge in [0.25, 0.3) is 0 Å². The lowest BCUT2D eigenvalue weighted by Crippen LogP contribution is -2.65. The number of hydrogen-bond donors (Lipinski definition) is 3. The zero-order valence-corrected chi connectivity index (χ0v) is 17.2. The molecule has 3 fully saturated rings. The van der Waals surface area contributed by atoms with Gasteiger partial charge in [-0.15, -0.1) is 0 Å². The number of piperidine rings is 1. The summed E-state index contributed by atoms with van der Waals surface area (Å²) in [5.74, 6) is 1.01. The van der Waals surface area contributed by atoms with Gasteiger partial charge in [0.05, 0.1) is 12.6 Å². The molecule has 1 amide bonds. The highest BCUT2D eigenvalue weighted by Gasteiger charge is 2.57. The van der Waals surface area contributed by atoms with Crippen LogP contribution in [-0.2, 0) is 9.53 Å². The number of aliphatic imine (C=N–C) groups is 1. The number of ether oxygens (including phenoxy) is 1.